The van der Waals surface area contributed by atoms with Crippen LogP contribution in [0.2, 0.25) is 0 Å². The Morgan fingerprint density at radius 3 is 2.56 bits per heavy atom. The lowest BCUT2D eigenvalue weighted by Gasteiger charge is -2.32. The average molecular weight is 257 g/mol. The van der Waals surface area contributed by atoms with Crippen LogP contribution < -0.4 is 10.6 Å². The largest absolute Gasteiger partial charge is 0.368 e. The summed E-state index contributed by atoms with van der Waals surface area (Å²) in [7, 11) is 4.02. The quantitative estimate of drug-likeness (QED) is 0.714. The Labute approximate surface area is 110 Å². The summed E-state index contributed by atoms with van der Waals surface area (Å²) in [5, 5.41) is 6.20. The van der Waals surface area contributed by atoms with Crippen LogP contribution in [-0.2, 0) is 9.53 Å². The van der Waals surface area contributed by atoms with Gasteiger partial charge < -0.3 is 20.3 Å². The molecule has 0 unspecified atom stereocenters. The number of nitrogens with zero attached hydrogens (tertiary/aromatic N) is 1. The normalized spacial score (nSPS) is 18.1. The molecule has 5 nitrogen and oxygen atoms in total. The van der Waals surface area contributed by atoms with Crippen LogP contribution in [0.4, 0.5) is 0 Å². The van der Waals surface area contributed by atoms with E-state index < -0.39 is 0 Å². The van der Waals surface area contributed by atoms with Gasteiger partial charge in [0.2, 0.25) is 5.91 Å². The molecule has 2 N–H and O–H groups in total. The summed E-state index contributed by atoms with van der Waals surface area (Å²) in [5.41, 5.74) is -0.0373. The van der Waals surface area contributed by atoms with E-state index in [0.717, 1.165) is 25.9 Å². The minimum absolute atomic E-state index is 0.0246. The molecule has 0 aromatic heterocycles. The van der Waals surface area contributed by atoms with Crippen LogP contribution in [0.1, 0.15) is 26.7 Å². The Balaban J connectivity index is 2.17. The first-order valence-corrected chi connectivity index (χ1v) is 6.68. The molecular weight excluding hydrogens is 230 g/mol. The number of likely N-dealkylation sites (N-methyl/N-ethyl adjacent to an activating group) is 1. The summed E-state index contributed by atoms with van der Waals surface area (Å²) in [6.07, 6.45) is 2.23. The summed E-state index contributed by atoms with van der Waals surface area (Å²) in [6, 6.07) is 0. The molecular formula is C13H27N3O2. The molecule has 1 aliphatic rings. The molecule has 0 radical (unpaired) electrons. The van der Waals surface area contributed by atoms with Crippen LogP contribution in [-0.4, -0.2) is 62.8 Å². The van der Waals surface area contributed by atoms with Gasteiger partial charge in [0.1, 0.15) is 6.61 Å². The van der Waals surface area contributed by atoms with E-state index in [2.05, 4.69) is 29.4 Å². The zero-order chi connectivity index (χ0) is 13.6. The fraction of sp³-hybridized carbons (Fsp3) is 0.923. The highest BCUT2D eigenvalue weighted by atomic mass is 16.5. The third-order valence-corrected chi connectivity index (χ3v) is 3.67. The summed E-state index contributed by atoms with van der Waals surface area (Å²) in [5.74, 6) is -0.0246. The molecule has 5 heteroatoms. The van der Waals surface area contributed by atoms with Gasteiger partial charge in [0.15, 0.2) is 0 Å². The smallest absolute Gasteiger partial charge is 0.246 e. The van der Waals surface area contributed by atoms with Crippen molar-refractivity contribution >= 4 is 5.91 Å². The maximum Gasteiger partial charge on any atom is 0.246 e. The molecule has 1 heterocycles. The molecule has 1 saturated heterocycles. The molecule has 0 atom stereocenters. The van der Waals surface area contributed by atoms with Gasteiger partial charge in [-0.3, -0.25) is 4.79 Å². The molecule has 1 aliphatic heterocycles. The molecule has 1 amide bonds. The highest BCUT2D eigenvalue weighted by molar-refractivity contribution is 5.77. The van der Waals surface area contributed by atoms with E-state index in [1.807, 2.05) is 14.1 Å². The number of carbonyl (C=O) groups excluding carboxylic acids is 1. The van der Waals surface area contributed by atoms with Crippen molar-refractivity contribution in [1.82, 2.24) is 15.5 Å². The van der Waals surface area contributed by atoms with Crippen molar-refractivity contribution in [3.63, 3.8) is 0 Å². The van der Waals surface area contributed by atoms with Crippen molar-refractivity contribution in [2.45, 2.75) is 38.3 Å². The Kier molecular flexibility index (Phi) is 6.05. The second-order valence-electron chi connectivity index (χ2n) is 5.74. The van der Waals surface area contributed by atoms with Crippen LogP contribution in [0.5, 0.6) is 0 Å². The minimum Gasteiger partial charge on any atom is -0.368 e. The molecule has 0 saturated carbocycles. The fourth-order valence-electron chi connectivity index (χ4n) is 1.68. The summed E-state index contributed by atoms with van der Waals surface area (Å²) < 4.78 is 5.60. The number of carbonyl (C=O) groups is 1. The third-order valence-electron chi connectivity index (χ3n) is 3.67. The monoisotopic (exact) mass is 257 g/mol. The topological polar surface area (TPSA) is 53.6 Å². The van der Waals surface area contributed by atoms with Crippen molar-refractivity contribution in [2.75, 3.05) is 40.3 Å². The molecule has 0 bridgehead atoms. The van der Waals surface area contributed by atoms with Crippen molar-refractivity contribution < 1.29 is 9.53 Å². The van der Waals surface area contributed by atoms with Gasteiger partial charge >= 0.3 is 0 Å². The van der Waals surface area contributed by atoms with E-state index in [9.17, 15) is 4.79 Å². The van der Waals surface area contributed by atoms with Gasteiger partial charge in [0.25, 0.3) is 0 Å². The van der Waals surface area contributed by atoms with Crippen molar-refractivity contribution in [2.24, 2.45) is 0 Å². The van der Waals surface area contributed by atoms with Crippen LogP contribution in [0.3, 0.4) is 0 Å². The first-order valence-electron chi connectivity index (χ1n) is 6.68. The van der Waals surface area contributed by atoms with Gasteiger partial charge in [-0.1, -0.05) is 0 Å². The molecule has 0 aromatic rings. The van der Waals surface area contributed by atoms with E-state index in [1.54, 1.807) is 0 Å². The molecule has 1 fully saturated rings. The number of piperidine rings is 1. The number of rotatable bonds is 6. The summed E-state index contributed by atoms with van der Waals surface area (Å²) >= 11 is 0. The minimum atomic E-state index is -0.0373. The van der Waals surface area contributed by atoms with E-state index in [1.165, 1.54) is 0 Å². The van der Waals surface area contributed by atoms with Crippen LogP contribution in [0.25, 0.3) is 0 Å². The maximum absolute atomic E-state index is 11.7. The molecule has 18 heavy (non-hydrogen) atoms. The lowest BCUT2D eigenvalue weighted by atomic mass is 10.0. The van der Waals surface area contributed by atoms with Gasteiger partial charge in [0.05, 0.1) is 6.10 Å². The predicted octanol–water partition coefficient (Wildman–Crippen LogP) is 0.211. The number of hydrogen-bond donors (Lipinski definition) is 2. The molecule has 0 spiro atoms. The maximum atomic E-state index is 11.7. The number of hydrogen-bond acceptors (Lipinski definition) is 4. The zero-order valence-electron chi connectivity index (χ0n) is 12.1. The van der Waals surface area contributed by atoms with E-state index in [0.29, 0.717) is 6.54 Å². The number of amides is 1. The predicted molar refractivity (Wildman–Crippen MR) is 72.6 cm³/mol. The van der Waals surface area contributed by atoms with E-state index in [-0.39, 0.29) is 24.2 Å². The standard InChI is InChI=1S/C13H27N3O2/c1-13(2,16(3)4)10-15-12(17)9-18-11-5-7-14-8-6-11/h11,14H,5-10H2,1-4H3,(H,15,17). The fourth-order valence-corrected chi connectivity index (χ4v) is 1.68. The number of nitrogens with one attached hydrogen (secondary N) is 2. The average Bonchev–Trinajstić information content (AvgIpc) is 2.35. The Bertz CT molecular complexity index is 261. The zero-order valence-corrected chi connectivity index (χ0v) is 12.1. The third kappa shape index (κ3) is 5.33. The first kappa shape index (κ1) is 15.4. The van der Waals surface area contributed by atoms with E-state index >= 15 is 0 Å². The highest BCUT2D eigenvalue weighted by Gasteiger charge is 2.21. The Hall–Kier alpha value is -0.650. The van der Waals surface area contributed by atoms with Gasteiger partial charge in [-0.2, -0.15) is 0 Å². The molecule has 1 rings (SSSR count). The molecule has 0 aromatic carbocycles. The van der Waals surface area contributed by atoms with Gasteiger partial charge in [-0.15, -0.1) is 0 Å². The van der Waals surface area contributed by atoms with E-state index in [4.69, 9.17) is 4.74 Å². The second kappa shape index (κ2) is 7.07. The van der Waals surface area contributed by atoms with Gasteiger partial charge in [0, 0.05) is 12.1 Å². The highest BCUT2D eigenvalue weighted by Crippen LogP contribution is 2.08. The first-order chi connectivity index (χ1) is 8.42. The summed E-state index contributed by atoms with van der Waals surface area (Å²) in [4.78, 5) is 13.8. The van der Waals surface area contributed by atoms with Crippen LogP contribution >= 0.6 is 0 Å². The van der Waals surface area contributed by atoms with Crippen molar-refractivity contribution in [3.05, 3.63) is 0 Å². The molecule has 106 valence electrons. The molecule has 0 aliphatic carbocycles. The van der Waals surface area contributed by atoms with Crippen molar-refractivity contribution in [1.29, 1.82) is 0 Å². The van der Waals surface area contributed by atoms with Crippen LogP contribution in [0.15, 0.2) is 0 Å². The van der Waals surface area contributed by atoms with Gasteiger partial charge in [-0.05, 0) is 53.9 Å². The van der Waals surface area contributed by atoms with Crippen LogP contribution in [0, 0.1) is 0 Å². The number of ether oxygens (including phenoxy) is 1. The lowest BCUT2D eigenvalue weighted by Crippen LogP contribution is -2.49. The lowest BCUT2D eigenvalue weighted by molar-refractivity contribution is -0.128. The SMILES string of the molecule is CN(C)C(C)(C)CNC(=O)COC1CCNCC1. The second-order valence-corrected chi connectivity index (χ2v) is 5.74. The Morgan fingerprint density at radius 2 is 2.00 bits per heavy atom. The van der Waals surface area contributed by atoms with Crippen molar-refractivity contribution in [3.8, 4) is 0 Å². The summed E-state index contributed by atoms with van der Waals surface area (Å²) in [6.45, 7) is 6.98. The van der Waals surface area contributed by atoms with Gasteiger partial charge in [-0.25, -0.2) is 0 Å². The Morgan fingerprint density at radius 1 is 1.39 bits per heavy atom.